The zero-order valence-corrected chi connectivity index (χ0v) is 12.4. The second kappa shape index (κ2) is 4.73. The molecule has 1 saturated heterocycles. The SMILES string of the molecule is CC1COc2ccc(C(=O)N3CCOC4(CCC4)C3)cc21. The number of hydrogen-bond acceptors (Lipinski definition) is 3. The Morgan fingerprint density at radius 3 is 3.00 bits per heavy atom. The summed E-state index contributed by atoms with van der Waals surface area (Å²) >= 11 is 0. The fourth-order valence-corrected chi connectivity index (χ4v) is 3.58. The Labute approximate surface area is 125 Å². The number of hydrogen-bond donors (Lipinski definition) is 0. The third kappa shape index (κ3) is 2.13. The lowest BCUT2D eigenvalue weighted by Gasteiger charge is -2.48. The van der Waals surface area contributed by atoms with E-state index >= 15 is 0 Å². The lowest BCUT2D eigenvalue weighted by molar-refractivity contribution is -0.142. The standard InChI is InChI=1S/C17H21NO3/c1-12-10-20-15-4-3-13(9-14(12)15)16(19)18-7-8-21-17(11-18)5-2-6-17/h3-4,9,12H,2,5-8,10-11H2,1H3. The van der Waals surface area contributed by atoms with Crippen molar-refractivity contribution in [2.75, 3.05) is 26.3 Å². The molecule has 112 valence electrons. The van der Waals surface area contributed by atoms with Crippen LogP contribution < -0.4 is 4.74 Å². The maximum Gasteiger partial charge on any atom is 0.254 e. The minimum Gasteiger partial charge on any atom is -0.493 e. The van der Waals surface area contributed by atoms with E-state index in [1.54, 1.807) is 0 Å². The van der Waals surface area contributed by atoms with Crippen LogP contribution in [-0.4, -0.2) is 42.7 Å². The van der Waals surface area contributed by atoms with Crippen LogP contribution in [0.4, 0.5) is 0 Å². The summed E-state index contributed by atoms with van der Waals surface area (Å²) in [4.78, 5) is 14.7. The van der Waals surface area contributed by atoms with Gasteiger partial charge >= 0.3 is 0 Å². The minimum absolute atomic E-state index is 0.0406. The first kappa shape index (κ1) is 13.1. The number of ether oxygens (including phenoxy) is 2. The van der Waals surface area contributed by atoms with Crippen LogP contribution in [0.25, 0.3) is 0 Å². The Balaban J connectivity index is 1.56. The van der Waals surface area contributed by atoms with Crippen LogP contribution in [0.15, 0.2) is 18.2 Å². The molecule has 1 unspecified atom stereocenters. The monoisotopic (exact) mass is 287 g/mol. The van der Waals surface area contributed by atoms with Crippen molar-refractivity contribution < 1.29 is 14.3 Å². The van der Waals surface area contributed by atoms with E-state index in [0.29, 0.717) is 25.7 Å². The molecule has 0 bridgehead atoms. The zero-order valence-electron chi connectivity index (χ0n) is 12.4. The molecule has 4 nitrogen and oxygen atoms in total. The Kier molecular flexibility index (Phi) is 2.96. The third-order valence-electron chi connectivity index (χ3n) is 5.08. The van der Waals surface area contributed by atoms with Gasteiger partial charge in [-0.2, -0.15) is 0 Å². The second-order valence-corrected chi connectivity index (χ2v) is 6.58. The topological polar surface area (TPSA) is 38.8 Å². The van der Waals surface area contributed by atoms with Gasteiger partial charge in [-0.1, -0.05) is 6.92 Å². The van der Waals surface area contributed by atoms with Gasteiger partial charge in [0.15, 0.2) is 0 Å². The second-order valence-electron chi connectivity index (χ2n) is 6.58. The summed E-state index contributed by atoms with van der Waals surface area (Å²) in [6.45, 7) is 4.96. The molecule has 1 spiro atoms. The average Bonchev–Trinajstić information content (AvgIpc) is 2.86. The number of nitrogens with zero attached hydrogens (tertiary/aromatic N) is 1. The van der Waals surface area contributed by atoms with E-state index < -0.39 is 0 Å². The average molecular weight is 287 g/mol. The summed E-state index contributed by atoms with van der Waals surface area (Å²) in [6.07, 6.45) is 3.40. The van der Waals surface area contributed by atoms with E-state index in [9.17, 15) is 4.79 Å². The summed E-state index contributed by atoms with van der Waals surface area (Å²) < 4.78 is 11.5. The molecule has 1 aromatic rings. The molecule has 1 atom stereocenters. The fourth-order valence-electron chi connectivity index (χ4n) is 3.58. The molecule has 2 aliphatic heterocycles. The minimum atomic E-state index is -0.0406. The summed E-state index contributed by atoms with van der Waals surface area (Å²) in [7, 11) is 0. The Morgan fingerprint density at radius 2 is 2.24 bits per heavy atom. The van der Waals surface area contributed by atoms with Gasteiger partial charge in [0, 0.05) is 23.6 Å². The smallest absolute Gasteiger partial charge is 0.254 e. The van der Waals surface area contributed by atoms with Crippen LogP contribution in [0.3, 0.4) is 0 Å². The van der Waals surface area contributed by atoms with Crippen molar-refractivity contribution in [1.29, 1.82) is 0 Å². The lowest BCUT2D eigenvalue weighted by atomic mass is 9.78. The highest BCUT2D eigenvalue weighted by Crippen LogP contribution is 2.39. The fraction of sp³-hybridized carbons (Fsp3) is 0.588. The first-order chi connectivity index (χ1) is 10.2. The summed E-state index contributed by atoms with van der Waals surface area (Å²) in [5.41, 5.74) is 1.90. The molecule has 0 N–H and O–H groups in total. The molecule has 4 rings (SSSR count). The molecule has 1 aromatic carbocycles. The molecule has 1 saturated carbocycles. The van der Waals surface area contributed by atoms with Crippen LogP contribution >= 0.6 is 0 Å². The molecule has 2 fully saturated rings. The quantitative estimate of drug-likeness (QED) is 0.797. The highest BCUT2D eigenvalue weighted by molar-refractivity contribution is 5.94. The van der Waals surface area contributed by atoms with Crippen LogP contribution in [-0.2, 0) is 4.74 Å². The van der Waals surface area contributed by atoms with Gasteiger partial charge in [-0.25, -0.2) is 0 Å². The van der Waals surface area contributed by atoms with Crippen LogP contribution in [0.2, 0.25) is 0 Å². The van der Waals surface area contributed by atoms with Crippen molar-refractivity contribution >= 4 is 5.91 Å². The molecule has 0 radical (unpaired) electrons. The van der Waals surface area contributed by atoms with Crippen molar-refractivity contribution in [3.05, 3.63) is 29.3 Å². The van der Waals surface area contributed by atoms with Crippen LogP contribution in [0, 0.1) is 0 Å². The van der Waals surface area contributed by atoms with Gasteiger partial charge in [0.1, 0.15) is 5.75 Å². The maximum absolute atomic E-state index is 12.8. The van der Waals surface area contributed by atoms with Crippen molar-refractivity contribution in [2.24, 2.45) is 0 Å². The molecule has 3 aliphatic rings. The molecule has 1 aliphatic carbocycles. The van der Waals surface area contributed by atoms with Crippen molar-refractivity contribution in [3.63, 3.8) is 0 Å². The summed E-state index contributed by atoms with van der Waals surface area (Å²) in [6, 6.07) is 5.84. The number of morpholine rings is 1. The largest absolute Gasteiger partial charge is 0.493 e. The third-order valence-corrected chi connectivity index (χ3v) is 5.08. The van der Waals surface area contributed by atoms with Gasteiger partial charge < -0.3 is 14.4 Å². The predicted molar refractivity (Wildman–Crippen MR) is 78.8 cm³/mol. The molecule has 2 heterocycles. The van der Waals surface area contributed by atoms with Gasteiger partial charge in [0.25, 0.3) is 5.91 Å². The van der Waals surface area contributed by atoms with Crippen molar-refractivity contribution in [2.45, 2.75) is 37.7 Å². The van der Waals surface area contributed by atoms with Crippen LogP contribution in [0.1, 0.15) is 48.0 Å². The van der Waals surface area contributed by atoms with E-state index in [1.165, 1.54) is 6.42 Å². The van der Waals surface area contributed by atoms with Gasteiger partial charge in [-0.15, -0.1) is 0 Å². The Hall–Kier alpha value is -1.55. The molecule has 4 heteroatoms. The Bertz CT molecular complexity index is 579. The number of rotatable bonds is 1. The zero-order chi connectivity index (χ0) is 14.4. The predicted octanol–water partition coefficient (Wildman–Crippen LogP) is 2.58. The number of benzene rings is 1. The molecule has 0 aromatic heterocycles. The first-order valence-corrected chi connectivity index (χ1v) is 7.87. The van der Waals surface area contributed by atoms with Gasteiger partial charge in [0.05, 0.1) is 25.4 Å². The van der Waals surface area contributed by atoms with E-state index in [2.05, 4.69) is 6.92 Å². The van der Waals surface area contributed by atoms with E-state index in [1.807, 2.05) is 23.1 Å². The lowest BCUT2D eigenvalue weighted by Crippen LogP contribution is -2.57. The van der Waals surface area contributed by atoms with E-state index in [-0.39, 0.29) is 11.5 Å². The van der Waals surface area contributed by atoms with Crippen molar-refractivity contribution in [3.8, 4) is 5.75 Å². The highest BCUT2D eigenvalue weighted by atomic mass is 16.5. The van der Waals surface area contributed by atoms with Gasteiger partial charge in [-0.05, 0) is 37.5 Å². The van der Waals surface area contributed by atoms with E-state index in [0.717, 1.165) is 36.3 Å². The molecular weight excluding hydrogens is 266 g/mol. The van der Waals surface area contributed by atoms with Gasteiger partial charge in [-0.3, -0.25) is 4.79 Å². The Morgan fingerprint density at radius 1 is 1.38 bits per heavy atom. The van der Waals surface area contributed by atoms with E-state index in [4.69, 9.17) is 9.47 Å². The number of fused-ring (bicyclic) bond motifs is 1. The number of carbonyl (C=O) groups is 1. The summed E-state index contributed by atoms with van der Waals surface area (Å²) in [5, 5.41) is 0. The maximum atomic E-state index is 12.8. The highest BCUT2D eigenvalue weighted by Gasteiger charge is 2.43. The molecule has 21 heavy (non-hydrogen) atoms. The number of amides is 1. The molecular formula is C17H21NO3. The summed E-state index contributed by atoms with van der Waals surface area (Å²) in [5.74, 6) is 1.43. The van der Waals surface area contributed by atoms with Crippen LogP contribution in [0.5, 0.6) is 5.75 Å². The van der Waals surface area contributed by atoms with Gasteiger partial charge in [0.2, 0.25) is 0 Å². The molecule has 1 amide bonds. The van der Waals surface area contributed by atoms with Crippen molar-refractivity contribution in [1.82, 2.24) is 4.90 Å². The normalized spacial score (nSPS) is 26.1. The first-order valence-electron chi connectivity index (χ1n) is 7.87. The number of carbonyl (C=O) groups excluding carboxylic acids is 1.